The standard InChI is InChI=1S/C2H5S.Na.H/c1-2-3;;/h3H,1-2H2;;. The quantitative estimate of drug-likeness (QED) is 0.313. The van der Waals surface area contributed by atoms with Gasteiger partial charge in [0.05, 0.1) is 0 Å². The minimum atomic E-state index is 0. The molecule has 0 rings (SSSR count). The van der Waals surface area contributed by atoms with Crippen molar-refractivity contribution in [3.8, 4) is 0 Å². The van der Waals surface area contributed by atoms with Crippen LogP contribution in [0.4, 0.5) is 0 Å². The Morgan fingerprint density at radius 1 is 1.75 bits per heavy atom. The molecule has 0 amide bonds. The van der Waals surface area contributed by atoms with E-state index in [-0.39, 0.29) is 29.6 Å². The van der Waals surface area contributed by atoms with Gasteiger partial charge in [0.25, 0.3) is 0 Å². The Bertz CT molecular complexity index is 6.00. The van der Waals surface area contributed by atoms with Crippen LogP contribution in [0.1, 0.15) is 0 Å². The summed E-state index contributed by atoms with van der Waals surface area (Å²) < 4.78 is 0. The number of thiol groups is 1. The first-order valence-corrected chi connectivity index (χ1v) is 1.45. The van der Waals surface area contributed by atoms with Crippen molar-refractivity contribution >= 4 is 42.2 Å². The van der Waals surface area contributed by atoms with Crippen molar-refractivity contribution in [3.05, 3.63) is 6.92 Å². The molecule has 0 aromatic heterocycles. The van der Waals surface area contributed by atoms with Gasteiger partial charge in [0.2, 0.25) is 0 Å². The van der Waals surface area contributed by atoms with Crippen LogP contribution in [0.15, 0.2) is 0 Å². The molecule has 0 bridgehead atoms. The van der Waals surface area contributed by atoms with Gasteiger partial charge in [-0.3, -0.25) is 0 Å². The maximum absolute atomic E-state index is 3.68. The molecule has 0 aliphatic heterocycles. The summed E-state index contributed by atoms with van der Waals surface area (Å²) in [6.45, 7) is 3.35. The summed E-state index contributed by atoms with van der Waals surface area (Å²) in [6.07, 6.45) is 0. The topological polar surface area (TPSA) is 0 Å². The first kappa shape index (κ1) is 9.02. The van der Waals surface area contributed by atoms with E-state index in [9.17, 15) is 0 Å². The van der Waals surface area contributed by atoms with Gasteiger partial charge in [0, 0.05) is 0 Å². The molecular weight excluding hydrogens is 79.1 g/mol. The molecule has 2 heteroatoms. The molecule has 0 spiro atoms. The van der Waals surface area contributed by atoms with Gasteiger partial charge in [-0.05, 0) is 12.7 Å². The number of hydrogen-bond donors (Lipinski definition) is 1. The molecule has 21 valence electrons. The SMILES string of the molecule is [CH2]CS.[NaH]. The molecule has 0 saturated heterocycles. The Kier molecular flexibility index (Phi) is 19.9. The molecule has 0 atom stereocenters. The Hall–Kier alpha value is 1.35. The van der Waals surface area contributed by atoms with E-state index in [1.807, 2.05) is 0 Å². The van der Waals surface area contributed by atoms with Gasteiger partial charge >= 0.3 is 29.6 Å². The molecule has 0 saturated carbocycles. The van der Waals surface area contributed by atoms with E-state index in [1.165, 1.54) is 0 Å². The molecule has 4 heavy (non-hydrogen) atoms. The fraction of sp³-hybridized carbons (Fsp3) is 0.500. The van der Waals surface area contributed by atoms with E-state index in [1.54, 1.807) is 0 Å². The molecule has 0 aliphatic rings. The van der Waals surface area contributed by atoms with Crippen LogP contribution in [0.5, 0.6) is 0 Å². The van der Waals surface area contributed by atoms with Gasteiger partial charge in [-0.25, -0.2) is 0 Å². The summed E-state index contributed by atoms with van der Waals surface area (Å²) in [5.74, 6) is 0.694. The van der Waals surface area contributed by atoms with Crippen molar-refractivity contribution in [3.63, 3.8) is 0 Å². The third kappa shape index (κ3) is 10.2. The molecule has 0 aromatic carbocycles. The number of rotatable bonds is 0. The van der Waals surface area contributed by atoms with Crippen molar-refractivity contribution in [1.29, 1.82) is 0 Å². The van der Waals surface area contributed by atoms with Crippen molar-refractivity contribution in [1.82, 2.24) is 0 Å². The van der Waals surface area contributed by atoms with E-state index < -0.39 is 0 Å². The molecule has 0 aromatic rings. The van der Waals surface area contributed by atoms with Crippen LogP contribution in [0.3, 0.4) is 0 Å². The Labute approximate surface area is 54.7 Å². The summed E-state index contributed by atoms with van der Waals surface area (Å²) in [5.41, 5.74) is 0. The first-order valence-electron chi connectivity index (χ1n) is 0.816. The summed E-state index contributed by atoms with van der Waals surface area (Å²) in [7, 11) is 0. The summed E-state index contributed by atoms with van der Waals surface area (Å²) in [5, 5.41) is 0. The number of hydrogen-bond acceptors (Lipinski definition) is 1. The fourth-order valence-electron chi connectivity index (χ4n) is 0. The second-order valence-electron chi connectivity index (χ2n) is 0.224. The molecule has 0 N–H and O–H groups in total. The van der Waals surface area contributed by atoms with Crippen LogP contribution >= 0.6 is 12.6 Å². The van der Waals surface area contributed by atoms with Crippen LogP contribution in [-0.2, 0) is 0 Å². The summed E-state index contributed by atoms with van der Waals surface area (Å²) in [4.78, 5) is 0. The van der Waals surface area contributed by atoms with Gasteiger partial charge in [-0.15, -0.1) is 0 Å². The third-order valence-corrected chi connectivity index (χ3v) is 0. The molecule has 0 unspecified atom stereocenters. The summed E-state index contributed by atoms with van der Waals surface area (Å²) >= 11 is 3.68. The Balaban J connectivity index is 0. The molecule has 0 fully saturated rings. The van der Waals surface area contributed by atoms with Crippen LogP contribution in [0.25, 0.3) is 0 Å². The fourth-order valence-corrected chi connectivity index (χ4v) is 0. The van der Waals surface area contributed by atoms with E-state index in [0.717, 1.165) is 0 Å². The van der Waals surface area contributed by atoms with E-state index >= 15 is 0 Å². The van der Waals surface area contributed by atoms with Crippen molar-refractivity contribution in [2.45, 2.75) is 0 Å². The van der Waals surface area contributed by atoms with Gasteiger partial charge in [0.15, 0.2) is 0 Å². The normalized spacial score (nSPS) is 4.50. The molecule has 0 heterocycles. The summed E-state index contributed by atoms with van der Waals surface area (Å²) in [6, 6.07) is 0. The van der Waals surface area contributed by atoms with Crippen LogP contribution < -0.4 is 0 Å². The zero-order valence-electron chi connectivity index (χ0n) is 1.86. The van der Waals surface area contributed by atoms with Crippen molar-refractivity contribution in [2.75, 3.05) is 5.75 Å². The second kappa shape index (κ2) is 8.84. The Morgan fingerprint density at radius 2 is 1.75 bits per heavy atom. The van der Waals surface area contributed by atoms with Crippen molar-refractivity contribution < 1.29 is 0 Å². The van der Waals surface area contributed by atoms with E-state index in [0.29, 0.717) is 5.75 Å². The van der Waals surface area contributed by atoms with Crippen LogP contribution in [0, 0.1) is 6.92 Å². The monoisotopic (exact) mass is 85.0 g/mol. The minimum absolute atomic E-state index is 0. The first-order chi connectivity index (χ1) is 1.41. The van der Waals surface area contributed by atoms with E-state index in [2.05, 4.69) is 19.6 Å². The molecular formula is C2H6NaS. The van der Waals surface area contributed by atoms with Crippen LogP contribution in [0.2, 0.25) is 0 Å². The third-order valence-electron chi connectivity index (χ3n) is 0. The molecule has 1 radical (unpaired) electrons. The van der Waals surface area contributed by atoms with Crippen LogP contribution in [-0.4, -0.2) is 35.3 Å². The van der Waals surface area contributed by atoms with Crippen molar-refractivity contribution in [2.24, 2.45) is 0 Å². The average Bonchev–Trinajstić information content (AvgIpc) is 0.918. The molecule has 0 aliphatic carbocycles. The second-order valence-corrected chi connectivity index (χ2v) is 0.671. The Morgan fingerprint density at radius 3 is 1.75 bits per heavy atom. The van der Waals surface area contributed by atoms with Gasteiger partial charge in [-0.1, -0.05) is 0 Å². The zero-order chi connectivity index (χ0) is 2.71. The predicted molar refractivity (Wildman–Crippen MR) is 26.4 cm³/mol. The predicted octanol–water partition coefficient (Wildman–Crippen LogP) is 0.102. The molecule has 0 nitrogen and oxygen atoms in total. The van der Waals surface area contributed by atoms with Gasteiger partial charge < -0.3 is 0 Å². The maximum atomic E-state index is 3.68. The van der Waals surface area contributed by atoms with Gasteiger partial charge in [0.1, 0.15) is 0 Å². The zero-order valence-corrected chi connectivity index (χ0v) is 2.76. The average molecular weight is 85.1 g/mol. The van der Waals surface area contributed by atoms with E-state index in [4.69, 9.17) is 0 Å². The van der Waals surface area contributed by atoms with Gasteiger partial charge in [-0.2, -0.15) is 12.6 Å².